The van der Waals surface area contributed by atoms with E-state index in [9.17, 15) is 8.78 Å². The monoisotopic (exact) mass is 205 g/mol. The number of nitrogens with zero attached hydrogens (tertiary/aromatic N) is 1. The summed E-state index contributed by atoms with van der Waals surface area (Å²) in [5.74, 6) is -1.11. The topological polar surface area (TPSA) is 12.9 Å². The zero-order chi connectivity index (χ0) is 10.7. The molecular formula is C12H9F2N. The first-order valence-electron chi connectivity index (χ1n) is 4.59. The van der Waals surface area contributed by atoms with Gasteiger partial charge in [0.05, 0.1) is 0 Å². The summed E-state index contributed by atoms with van der Waals surface area (Å²) in [6.07, 6.45) is 2.10. The Labute approximate surface area is 86.4 Å². The molecule has 0 atom stereocenters. The van der Waals surface area contributed by atoms with Crippen molar-refractivity contribution in [3.8, 4) is 0 Å². The fourth-order valence-electron chi connectivity index (χ4n) is 1.42. The maximum absolute atomic E-state index is 12.9. The van der Waals surface area contributed by atoms with Gasteiger partial charge in [0.25, 0.3) is 0 Å². The minimum absolute atomic E-state index is 0.440. The average molecular weight is 205 g/mol. The quantitative estimate of drug-likeness (QED) is 0.734. The minimum atomic E-state index is -0.555. The Hall–Kier alpha value is -1.77. The van der Waals surface area contributed by atoms with Crippen LogP contribution in [0.15, 0.2) is 42.6 Å². The van der Waals surface area contributed by atoms with E-state index in [1.807, 2.05) is 12.1 Å². The zero-order valence-corrected chi connectivity index (χ0v) is 7.95. The fraction of sp³-hybridized carbons (Fsp3) is 0.0833. The predicted molar refractivity (Wildman–Crippen MR) is 53.4 cm³/mol. The molecule has 15 heavy (non-hydrogen) atoms. The first-order valence-corrected chi connectivity index (χ1v) is 4.59. The van der Waals surface area contributed by atoms with Gasteiger partial charge in [0.1, 0.15) is 11.6 Å². The highest BCUT2D eigenvalue weighted by atomic mass is 19.1. The second kappa shape index (κ2) is 4.17. The molecule has 0 fully saturated rings. The van der Waals surface area contributed by atoms with E-state index in [1.165, 1.54) is 12.1 Å². The first kappa shape index (κ1) is 9.77. The van der Waals surface area contributed by atoms with Gasteiger partial charge in [0.2, 0.25) is 0 Å². The lowest BCUT2D eigenvalue weighted by Gasteiger charge is -2.01. The SMILES string of the molecule is Fc1cc(F)cc(Cc2ccccn2)c1. The maximum Gasteiger partial charge on any atom is 0.126 e. The van der Waals surface area contributed by atoms with Crippen LogP contribution in [0.5, 0.6) is 0 Å². The van der Waals surface area contributed by atoms with Crippen LogP contribution in [0.4, 0.5) is 8.78 Å². The van der Waals surface area contributed by atoms with Crippen LogP contribution in [0.1, 0.15) is 11.3 Å². The van der Waals surface area contributed by atoms with Gasteiger partial charge >= 0.3 is 0 Å². The lowest BCUT2D eigenvalue weighted by molar-refractivity contribution is 0.580. The number of pyridine rings is 1. The Morgan fingerprint density at radius 2 is 1.73 bits per heavy atom. The van der Waals surface area contributed by atoms with Crippen molar-refractivity contribution < 1.29 is 8.78 Å². The summed E-state index contributed by atoms with van der Waals surface area (Å²) in [7, 11) is 0. The van der Waals surface area contributed by atoms with E-state index in [0.29, 0.717) is 12.0 Å². The summed E-state index contributed by atoms with van der Waals surface area (Å²) in [6, 6.07) is 8.97. The van der Waals surface area contributed by atoms with Crippen LogP contribution >= 0.6 is 0 Å². The fourth-order valence-corrected chi connectivity index (χ4v) is 1.42. The van der Waals surface area contributed by atoms with Crippen molar-refractivity contribution in [2.75, 3.05) is 0 Å². The van der Waals surface area contributed by atoms with Crippen LogP contribution in [0, 0.1) is 11.6 Å². The third kappa shape index (κ3) is 2.59. The molecular weight excluding hydrogens is 196 g/mol. The van der Waals surface area contributed by atoms with Crippen molar-refractivity contribution in [2.45, 2.75) is 6.42 Å². The predicted octanol–water partition coefficient (Wildman–Crippen LogP) is 2.95. The zero-order valence-electron chi connectivity index (χ0n) is 7.95. The van der Waals surface area contributed by atoms with E-state index >= 15 is 0 Å². The van der Waals surface area contributed by atoms with Crippen molar-refractivity contribution in [2.24, 2.45) is 0 Å². The lowest BCUT2D eigenvalue weighted by Crippen LogP contribution is -1.93. The molecule has 3 heteroatoms. The normalized spacial score (nSPS) is 10.3. The Balaban J connectivity index is 2.25. The molecule has 0 aliphatic heterocycles. The van der Waals surface area contributed by atoms with Gasteiger partial charge in [-0.3, -0.25) is 4.98 Å². The molecule has 0 spiro atoms. The molecule has 0 amide bonds. The maximum atomic E-state index is 12.9. The van der Waals surface area contributed by atoms with E-state index in [1.54, 1.807) is 12.3 Å². The van der Waals surface area contributed by atoms with Gasteiger partial charge in [-0.15, -0.1) is 0 Å². The second-order valence-corrected chi connectivity index (χ2v) is 3.28. The second-order valence-electron chi connectivity index (χ2n) is 3.28. The Bertz CT molecular complexity index is 434. The van der Waals surface area contributed by atoms with Gasteiger partial charge in [-0.2, -0.15) is 0 Å². The summed E-state index contributed by atoms with van der Waals surface area (Å²) in [6.45, 7) is 0. The Morgan fingerprint density at radius 3 is 2.33 bits per heavy atom. The third-order valence-corrected chi connectivity index (χ3v) is 2.03. The standard InChI is InChI=1S/C12H9F2N/c13-10-5-9(6-11(14)8-10)7-12-3-1-2-4-15-12/h1-6,8H,7H2. The lowest BCUT2D eigenvalue weighted by atomic mass is 10.1. The summed E-state index contributed by atoms with van der Waals surface area (Å²) in [5, 5.41) is 0. The summed E-state index contributed by atoms with van der Waals surface area (Å²) >= 11 is 0. The van der Waals surface area contributed by atoms with E-state index in [4.69, 9.17) is 0 Å². The number of aromatic nitrogens is 1. The Morgan fingerprint density at radius 1 is 1.00 bits per heavy atom. The molecule has 2 aromatic rings. The van der Waals surface area contributed by atoms with Gasteiger partial charge in [0.15, 0.2) is 0 Å². The number of hydrogen-bond acceptors (Lipinski definition) is 1. The molecule has 2 rings (SSSR count). The molecule has 1 heterocycles. The summed E-state index contributed by atoms with van der Waals surface area (Å²) < 4.78 is 25.7. The molecule has 1 aromatic heterocycles. The van der Waals surface area contributed by atoms with Gasteiger partial charge < -0.3 is 0 Å². The van der Waals surface area contributed by atoms with Crippen LogP contribution < -0.4 is 0 Å². The molecule has 0 saturated heterocycles. The van der Waals surface area contributed by atoms with Crippen LogP contribution in [-0.2, 0) is 6.42 Å². The highest BCUT2D eigenvalue weighted by Gasteiger charge is 2.02. The van der Waals surface area contributed by atoms with Crippen molar-refractivity contribution >= 4 is 0 Å². The molecule has 0 aliphatic carbocycles. The number of halogens is 2. The summed E-state index contributed by atoms with van der Waals surface area (Å²) in [4.78, 5) is 4.09. The minimum Gasteiger partial charge on any atom is -0.261 e. The molecule has 1 aromatic carbocycles. The molecule has 0 unspecified atom stereocenters. The van der Waals surface area contributed by atoms with Crippen molar-refractivity contribution in [3.63, 3.8) is 0 Å². The van der Waals surface area contributed by atoms with E-state index < -0.39 is 11.6 Å². The van der Waals surface area contributed by atoms with Crippen LogP contribution in [0.25, 0.3) is 0 Å². The van der Waals surface area contributed by atoms with E-state index in [0.717, 1.165) is 11.8 Å². The van der Waals surface area contributed by atoms with Crippen molar-refractivity contribution in [1.82, 2.24) is 4.98 Å². The van der Waals surface area contributed by atoms with E-state index in [-0.39, 0.29) is 0 Å². The van der Waals surface area contributed by atoms with Gasteiger partial charge in [0, 0.05) is 24.4 Å². The number of rotatable bonds is 2. The summed E-state index contributed by atoms with van der Waals surface area (Å²) in [5.41, 5.74) is 1.38. The van der Waals surface area contributed by atoms with Crippen LogP contribution in [0.2, 0.25) is 0 Å². The third-order valence-electron chi connectivity index (χ3n) is 2.03. The number of hydrogen-bond donors (Lipinski definition) is 0. The highest BCUT2D eigenvalue weighted by molar-refractivity contribution is 5.23. The van der Waals surface area contributed by atoms with Gasteiger partial charge in [-0.25, -0.2) is 8.78 Å². The smallest absolute Gasteiger partial charge is 0.126 e. The molecule has 0 aliphatic rings. The van der Waals surface area contributed by atoms with E-state index in [2.05, 4.69) is 4.98 Å². The molecule has 76 valence electrons. The first-order chi connectivity index (χ1) is 7.24. The van der Waals surface area contributed by atoms with Gasteiger partial charge in [-0.1, -0.05) is 6.07 Å². The van der Waals surface area contributed by atoms with Crippen molar-refractivity contribution in [1.29, 1.82) is 0 Å². The molecule has 0 radical (unpaired) electrons. The van der Waals surface area contributed by atoms with Gasteiger partial charge in [-0.05, 0) is 29.8 Å². The molecule has 0 bridgehead atoms. The van der Waals surface area contributed by atoms with Crippen LogP contribution in [-0.4, -0.2) is 4.98 Å². The molecule has 1 nitrogen and oxygen atoms in total. The number of benzene rings is 1. The average Bonchev–Trinajstić information content (AvgIpc) is 2.17. The van der Waals surface area contributed by atoms with Crippen LogP contribution in [0.3, 0.4) is 0 Å². The molecule has 0 saturated carbocycles. The highest BCUT2D eigenvalue weighted by Crippen LogP contribution is 2.11. The largest absolute Gasteiger partial charge is 0.261 e. The van der Waals surface area contributed by atoms with Crippen molar-refractivity contribution in [3.05, 3.63) is 65.5 Å². The molecule has 0 N–H and O–H groups in total. The Kier molecular flexibility index (Phi) is 2.72.